The number of sulfonamides is 1. The monoisotopic (exact) mass is 355 g/mol. The molecule has 0 fully saturated rings. The highest BCUT2D eigenvalue weighted by Crippen LogP contribution is 2.28. The van der Waals surface area contributed by atoms with Crippen molar-refractivity contribution in [2.24, 2.45) is 0 Å². The lowest BCUT2D eigenvalue weighted by Crippen LogP contribution is -2.25. The van der Waals surface area contributed by atoms with Gasteiger partial charge in [-0.3, -0.25) is 14.8 Å². The fourth-order valence-corrected chi connectivity index (χ4v) is 3.23. The Morgan fingerprint density at radius 1 is 1.17 bits per heavy atom. The van der Waals surface area contributed by atoms with E-state index in [1.807, 2.05) is 4.72 Å². The van der Waals surface area contributed by atoms with Crippen molar-refractivity contribution in [3.63, 3.8) is 0 Å². The molecule has 2 aromatic carbocycles. The minimum atomic E-state index is -4.40. The number of para-hydroxylation sites is 1. The summed E-state index contributed by atoms with van der Waals surface area (Å²) >= 11 is 5.72. The second-order valence-corrected chi connectivity index (χ2v) is 6.39. The van der Waals surface area contributed by atoms with Crippen LogP contribution in [0.5, 0.6) is 0 Å². The van der Waals surface area contributed by atoms with Gasteiger partial charge in [0, 0.05) is 16.7 Å². The molecule has 0 unspecified atom stereocenters. The van der Waals surface area contributed by atoms with Crippen LogP contribution in [0.2, 0.25) is 5.02 Å². The SMILES string of the molecule is O=C([O-])c1ccc(Cl)cc1NS(=O)(=O)c1ccccc1[N+](=O)[O-]. The van der Waals surface area contributed by atoms with Crippen molar-refractivity contribution in [2.75, 3.05) is 4.72 Å². The first kappa shape index (κ1) is 16.7. The second-order valence-electron chi connectivity index (χ2n) is 4.31. The number of aromatic carboxylic acids is 1. The Bertz CT molecular complexity index is 897. The second kappa shape index (κ2) is 6.23. The normalized spacial score (nSPS) is 11.0. The Morgan fingerprint density at radius 2 is 1.83 bits per heavy atom. The number of hydrogen-bond donors (Lipinski definition) is 1. The van der Waals surface area contributed by atoms with Crippen molar-refractivity contribution >= 4 is 39.0 Å². The zero-order valence-electron chi connectivity index (χ0n) is 11.2. The molecule has 0 radical (unpaired) electrons. The van der Waals surface area contributed by atoms with Crippen LogP contribution in [-0.2, 0) is 10.0 Å². The average molecular weight is 356 g/mol. The first-order chi connectivity index (χ1) is 10.7. The highest BCUT2D eigenvalue weighted by Gasteiger charge is 2.26. The zero-order chi connectivity index (χ0) is 17.2. The third kappa shape index (κ3) is 3.58. The Kier molecular flexibility index (Phi) is 4.52. The molecule has 0 heterocycles. The molecule has 0 spiro atoms. The van der Waals surface area contributed by atoms with Crippen molar-refractivity contribution in [1.29, 1.82) is 0 Å². The first-order valence-corrected chi connectivity index (χ1v) is 7.85. The number of hydrogen-bond acceptors (Lipinski definition) is 6. The highest BCUT2D eigenvalue weighted by molar-refractivity contribution is 7.92. The summed E-state index contributed by atoms with van der Waals surface area (Å²) in [5.74, 6) is -1.62. The van der Waals surface area contributed by atoms with Gasteiger partial charge in [-0.25, -0.2) is 8.42 Å². The van der Waals surface area contributed by atoms with Crippen LogP contribution < -0.4 is 9.83 Å². The van der Waals surface area contributed by atoms with Crippen molar-refractivity contribution in [3.05, 3.63) is 63.2 Å². The molecular weight excluding hydrogens is 348 g/mol. The van der Waals surface area contributed by atoms with Gasteiger partial charge >= 0.3 is 0 Å². The average Bonchev–Trinajstić information content (AvgIpc) is 2.46. The van der Waals surface area contributed by atoms with Crippen LogP contribution in [0, 0.1) is 10.1 Å². The predicted molar refractivity (Wildman–Crippen MR) is 79.7 cm³/mol. The van der Waals surface area contributed by atoms with Crippen LogP contribution >= 0.6 is 11.6 Å². The molecule has 0 atom stereocenters. The molecule has 120 valence electrons. The summed E-state index contributed by atoms with van der Waals surface area (Å²) in [5.41, 5.74) is -1.44. The molecule has 0 aliphatic heterocycles. The number of nitro groups is 1. The van der Waals surface area contributed by atoms with Crippen LogP contribution in [0.4, 0.5) is 11.4 Å². The number of rotatable bonds is 5. The Balaban J connectivity index is 2.54. The standard InChI is InChI=1S/C13H9ClN2O6S/c14-8-5-6-9(13(17)18)10(7-8)15-23(21,22)12-4-2-1-3-11(12)16(19)20/h1-7,15H,(H,17,18)/p-1. The van der Waals surface area contributed by atoms with E-state index in [1.165, 1.54) is 18.2 Å². The maximum Gasteiger partial charge on any atom is 0.289 e. The Morgan fingerprint density at radius 3 is 2.43 bits per heavy atom. The number of nitrogens with one attached hydrogen (secondary N) is 1. The summed E-state index contributed by atoms with van der Waals surface area (Å²) in [4.78, 5) is 20.5. The molecule has 0 amide bonds. The molecule has 0 saturated carbocycles. The van der Waals surface area contributed by atoms with Gasteiger partial charge in [-0.05, 0) is 24.3 Å². The van der Waals surface area contributed by atoms with E-state index >= 15 is 0 Å². The third-order valence-corrected chi connectivity index (χ3v) is 4.45. The molecule has 23 heavy (non-hydrogen) atoms. The summed E-state index contributed by atoms with van der Waals surface area (Å²) in [7, 11) is -4.40. The number of carbonyl (C=O) groups excluding carboxylic acids is 1. The van der Waals surface area contributed by atoms with Crippen LogP contribution in [-0.4, -0.2) is 19.3 Å². The topological polar surface area (TPSA) is 129 Å². The zero-order valence-corrected chi connectivity index (χ0v) is 12.8. The molecule has 1 N–H and O–H groups in total. The van der Waals surface area contributed by atoms with E-state index in [0.29, 0.717) is 0 Å². The Hall–Kier alpha value is -2.65. The summed E-state index contributed by atoms with van der Waals surface area (Å²) in [6.07, 6.45) is 0. The number of nitrogens with zero attached hydrogens (tertiary/aromatic N) is 1. The van der Waals surface area contributed by atoms with E-state index in [-0.39, 0.29) is 10.7 Å². The van der Waals surface area contributed by atoms with Crippen molar-refractivity contribution in [1.82, 2.24) is 0 Å². The van der Waals surface area contributed by atoms with Crippen LogP contribution in [0.15, 0.2) is 47.4 Å². The molecule has 2 aromatic rings. The van der Waals surface area contributed by atoms with Gasteiger partial charge in [0.25, 0.3) is 15.7 Å². The maximum absolute atomic E-state index is 12.3. The van der Waals surface area contributed by atoms with Crippen LogP contribution in [0.3, 0.4) is 0 Å². The van der Waals surface area contributed by atoms with E-state index in [4.69, 9.17) is 11.6 Å². The summed E-state index contributed by atoms with van der Waals surface area (Å²) in [6, 6.07) is 8.04. The van der Waals surface area contributed by atoms with Gasteiger partial charge in [0.15, 0.2) is 4.90 Å². The number of carboxylic acid groups (broad SMARTS) is 1. The predicted octanol–water partition coefficient (Wildman–Crippen LogP) is 1.41. The number of carboxylic acids is 1. The van der Waals surface area contributed by atoms with Crippen molar-refractivity contribution in [2.45, 2.75) is 4.90 Å². The van der Waals surface area contributed by atoms with E-state index < -0.39 is 37.1 Å². The number of carbonyl (C=O) groups is 1. The third-order valence-electron chi connectivity index (χ3n) is 2.80. The van der Waals surface area contributed by atoms with Crippen molar-refractivity contribution in [3.8, 4) is 0 Å². The van der Waals surface area contributed by atoms with E-state index in [1.54, 1.807) is 0 Å². The number of nitro benzene ring substituents is 1. The van der Waals surface area contributed by atoms with Gasteiger partial charge in [0.2, 0.25) is 0 Å². The van der Waals surface area contributed by atoms with Gasteiger partial charge in [0.05, 0.1) is 16.6 Å². The molecule has 0 saturated heterocycles. The van der Waals surface area contributed by atoms with Crippen LogP contribution in [0.1, 0.15) is 10.4 Å². The molecule has 0 aromatic heterocycles. The van der Waals surface area contributed by atoms with Gasteiger partial charge in [-0.2, -0.15) is 0 Å². The van der Waals surface area contributed by atoms with Gasteiger partial charge < -0.3 is 9.90 Å². The van der Waals surface area contributed by atoms with Gasteiger partial charge in [0.1, 0.15) is 0 Å². The highest BCUT2D eigenvalue weighted by atomic mass is 35.5. The van der Waals surface area contributed by atoms with Gasteiger partial charge in [-0.1, -0.05) is 23.7 Å². The quantitative estimate of drug-likeness (QED) is 0.637. The number of benzene rings is 2. The lowest BCUT2D eigenvalue weighted by Gasteiger charge is -2.13. The van der Waals surface area contributed by atoms with E-state index in [9.17, 15) is 28.4 Å². The number of anilines is 1. The maximum atomic E-state index is 12.3. The number of halogens is 1. The first-order valence-electron chi connectivity index (χ1n) is 5.99. The summed E-state index contributed by atoms with van der Waals surface area (Å²) < 4.78 is 26.7. The lowest BCUT2D eigenvalue weighted by molar-refractivity contribution is -0.387. The summed E-state index contributed by atoms with van der Waals surface area (Å²) in [6.45, 7) is 0. The smallest absolute Gasteiger partial charge is 0.289 e. The van der Waals surface area contributed by atoms with Gasteiger partial charge in [-0.15, -0.1) is 0 Å². The molecule has 8 nitrogen and oxygen atoms in total. The van der Waals surface area contributed by atoms with Crippen LogP contribution in [0.25, 0.3) is 0 Å². The fraction of sp³-hybridized carbons (Fsp3) is 0. The Labute approximate surface area is 135 Å². The lowest BCUT2D eigenvalue weighted by atomic mass is 10.2. The fourth-order valence-electron chi connectivity index (χ4n) is 1.81. The van der Waals surface area contributed by atoms with E-state index in [0.717, 1.165) is 24.3 Å². The molecule has 0 bridgehead atoms. The molecular formula is C13H8ClN2O6S-. The molecule has 10 heteroatoms. The van der Waals surface area contributed by atoms with E-state index in [2.05, 4.69) is 0 Å². The largest absolute Gasteiger partial charge is 0.545 e. The minimum absolute atomic E-state index is 0.0789. The molecule has 2 rings (SSSR count). The minimum Gasteiger partial charge on any atom is -0.545 e. The summed E-state index contributed by atoms with van der Waals surface area (Å²) in [5, 5.41) is 22.1. The molecule has 0 aliphatic carbocycles. The van der Waals surface area contributed by atoms with Crippen molar-refractivity contribution < 1.29 is 23.2 Å². The molecule has 0 aliphatic rings.